The van der Waals surface area contributed by atoms with Crippen LogP contribution in [0.2, 0.25) is 0 Å². The molecule has 0 bridgehead atoms. The summed E-state index contributed by atoms with van der Waals surface area (Å²) in [4.78, 5) is 12.5. The summed E-state index contributed by atoms with van der Waals surface area (Å²) in [7, 11) is 0. The first kappa shape index (κ1) is 6.71. The van der Waals surface area contributed by atoms with Gasteiger partial charge in [-0.15, -0.1) is 0 Å². The van der Waals surface area contributed by atoms with E-state index in [2.05, 4.69) is 21.0 Å². The normalized spacial score (nSPS) is 12.3. The summed E-state index contributed by atoms with van der Waals surface area (Å²) in [5.41, 5.74) is 4.43. The molecule has 1 aliphatic carbocycles. The molecular formula is C10H7N3. The largest absolute Gasteiger partial charge is 0.254 e. The van der Waals surface area contributed by atoms with Crippen LogP contribution >= 0.6 is 0 Å². The molecule has 0 saturated carbocycles. The maximum absolute atomic E-state index is 4.31. The fourth-order valence-electron chi connectivity index (χ4n) is 1.70. The Kier molecular flexibility index (Phi) is 1.22. The molecule has 0 spiro atoms. The second-order valence-electron chi connectivity index (χ2n) is 3.08. The Balaban J connectivity index is 2.32. The van der Waals surface area contributed by atoms with E-state index in [4.69, 9.17) is 0 Å². The van der Waals surface area contributed by atoms with Crippen molar-refractivity contribution in [2.45, 2.75) is 6.42 Å². The highest BCUT2D eigenvalue weighted by Gasteiger charge is 2.19. The van der Waals surface area contributed by atoms with Crippen LogP contribution in [0, 0.1) is 0 Å². The standard InChI is InChI=1S/C10H7N3/c1-2-7-4-8-5-11-6-13-10(8)9(7)12-3-1/h1-3,5-6H,4H2. The Morgan fingerprint density at radius 3 is 3.00 bits per heavy atom. The van der Waals surface area contributed by atoms with Crippen molar-refractivity contribution in [2.75, 3.05) is 0 Å². The molecule has 13 heavy (non-hydrogen) atoms. The van der Waals surface area contributed by atoms with Gasteiger partial charge < -0.3 is 0 Å². The molecule has 0 aliphatic heterocycles. The summed E-state index contributed by atoms with van der Waals surface area (Å²) >= 11 is 0. The van der Waals surface area contributed by atoms with Crippen molar-refractivity contribution in [1.29, 1.82) is 0 Å². The van der Waals surface area contributed by atoms with Crippen molar-refractivity contribution in [3.8, 4) is 11.4 Å². The predicted octanol–water partition coefficient (Wildman–Crippen LogP) is 1.44. The Morgan fingerprint density at radius 1 is 1.08 bits per heavy atom. The Hall–Kier alpha value is -1.77. The number of nitrogens with zero attached hydrogens (tertiary/aromatic N) is 3. The molecular weight excluding hydrogens is 162 g/mol. The van der Waals surface area contributed by atoms with Gasteiger partial charge in [-0.05, 0) is 11.6 Å². The Bertz CT molecular complexity index is 422. The molecule has 62 valence electrons. The highest BCUT2D eigenvalue weighted by Crippen LogP contribution is 2.31. The van der Waals surface area contributed by atoms with Crippen LogP contribution in [0.15, 0.2) is 30.9 Å². The second-order valence-corrected chi connectivity index (χ2v) is 3.08. The van der Waals surface area contributed by atoms with E-state index in [1.807, 2.05) is 12.3 Å². The van der Waals surface area contributed by atoms with Crippen molar-refractivity contribution >= 4 is 0 Å². The average Bonchev–Trinajstić information content (AvgIpc) is 2.56. The minimum absolute atomic E-state index is 0.916. The predicted molar refractivity (Wildman–Crippen MR) is 48.1 cm³/mol. The highest BCUT2D eigenvalue weighted by molar-refractivity contribution is 5.68. The molecule has 0 unspecified atom stereocenters. The maximum atomic E-state index is 4.31. The van der Waals surface area contributed by atoms with E-state index in [9.17, 15) is 0 Å². The zero-order chi connectivity index (χ0) is 8.67. The van der Waals surface area contributed by atoms with Gasteiger partial charge >= 0.3 is 0 Å². The lowest BCUT2D eigenvalue weighted by Crippen LogP contribution is -1.86. The molecule has 2 aromatic heterocycles. The molecule has 0 fully saturated rings. The van der Waals surface area contributed by atoms with E-state index < -0.39 is 0 Å². The molecule has 0 radical (unpaired) electrons. The summed E-state index contributed by atoms with van der Waals surface area (Å²) in [5.74, 6) is 0. The molecule has 0 amide bonds. The first-order valence-electron chi connectivity index (χ1n) is 4.18. The van der Waals surface area contributed by atoms with Crippen LogP contribution in [0.4, 0.5) is 0 Å². The third-order valence-corrected chi connectivity index (χ3v) is 2.28. The van der Waals surface area contributed by atoms with Crippen LogP contribution in [0.3, 0.4) is 0 Å². The topological polar surface area (TPSA) is 38.7 Å². The van der Waals surface area contributed by atoms with E-state index >= 15 is 0 Å². The number of aromatic nitrogens is 3. The molecule has 3 nitrogen and oxygen atoms in total. The fourth-order valence-corrected chi connectivity index (χ4v) is 1.70. The molecule has 1 aliphatic rings. The summed E-state index contributed by atoms with van der Waals surface area (Å²) in [6, 6.07) is 4.04. The monoisotopic (exact) mass is 169 g/mol. The van der Waals surface area contributed by atoms with Crippen LogP contribution in [0.1, 0.15) is 11.1 Å². The number of fused-ring (bicyclic) bond motifs is 3. The molecule has 2 heterocycles. The molecule has 0 aromatic carbocycles. The smallest absolute Gasteiger partial charge is 0.116 e. The number of hydrogen-bond donors (Lipinski definition) is 0. The number of hydrogen-bond acceptors (Lipinski definition) is 3. The van der Waals surface area contributed by atoms with Crippen LogP contribution in [-0.4, -0.2) is 15.0 Å². The first-order valence-corrected chi connectivity index (χ1v) is 4.18. The van der Waals surface area contributed by atoms with Crippen LogP contribution in [0.25, 0.3) is 11.4 Å². The van der Waals surface area contributed by atoms with Gasteiger partial charge in [-0.2, -0.15) is 0 Å². The van der Waals surface area contributed by atoms with Gasteiger partial charge in [0, 0.05) is 24.4 Å². The van der Waals surface area contributed by atoms with Crippen molar-refractivity contribution in [3.63, 3.8) is 0 Å². The summed E-state index contributed by atoms with van der Waals surface area (Å²) in [6.07, 6.45) is 6.15. The second kappa shape index (κ2) is 2.36. The quantitative estimate of drug-likeness (QED) is 0.511. The molecule has 3 heteroatoms. The van der Waals surface area contributed by atoms with E-state index in [0.29, 0.717) is 0 Å². The molecule has 0 N–H and O–H groups in total. The van der Waals surface area contributed by atoms with Gasteiger partial charge in [-0.3, -0.25) is 4.98 Å². The van der Waals surface area contributed by atoms with Gasteiger partial charge in [0.05, 0.1) is 11.4 Å². The first-order chi connectivity index (χ1) is 6.45. The van der Waals surface area contributed by atoms with E-state index in [-0.39, 0.29) is 0 Å². The van der Waals surface area contributed by atoms with Crippen molar-refractivity contribution in [2.24, 2.45) is 0 Å². The lowest BCUT2D eigenvalue weighted by molar-refractivity contribution is 1.12. The van der Waals surface area contributed by atoms with Crippen LogP contribution in [0.5, 0.6) is 0 Å². The van der Waals surface area contributed by atoms with E-state index in [1.54, 1.807) is 12.5 Å². The number of rotatable bonds is 0. The van der Waals surface area contributed by atoms with Gasteiger partial charge in [0.2, 0.25) is 0 Å². The molecule has 2 aromatic rings. The Morgan fingerprint density at radius 2 is 2.00 bits per heavy atom. The minimum Gasteiger partial charge on any atom is -0.254 e. The highest BCUT2D eigenvalue weighted by atomic mass is 14.9. The van der Waals surface area contributed by atoms with Gasteiger partial charge in [-0.25, -0.2) is 9.97 Å². The van der Waals surface area contributed by atoms with Crippen LogP contribution in [-0.2, 0) is 6.42 Å². The lowest BCUT2D eigenvalue weighted by Gasteiger charge is -1.95. The third kappa shape index (κ3) is 0.869. The van der Waals surface area contributed by atoms with Gasteiger partial charge in [0.15, 0.2) is 0 Å². The fraction of sp³-hybridized carbons (Fsp3) is 0.100. The lowest BCUT2D eigenvalue weighted by atomic mass is 10.2. The van der Waals surface area contributed by atoms with Crippen molar-refractivity contribution < 1.29 is 0 Å². The number of pyridine rings is 1. The van der Waals surface area contributed by atoms with Gasteiger partial charge in [0.1, 0.15) is 6.33 Å². The maximum Gasteiger partial charge on any atom is 0.116 e. The minimum atomic E-state index is 0.916. The summed E-state index contributed by atoms with van der Waals surface area (Å²) < 4.78 is 0. The van der Waals surface area contributed by atoms with E-state index in [1.165, 1.54) is 11.1 Å². The summed E-state index contributed by atoms with van der Waals surface area (Å²) in [6.45, 7) is 0. The molecule has 3 rings (SSSR count). The van der Waals surface area contributed by atoms with Crippen LogP contribution < -0.4 is 0 Å². The SMILES string of the molecule is c1cnc2c(c1)Cc1cncnc1-2. The molecule has 0 atom stereocenters. The Labute approximate surface area is 75.5 Å². The van der Waals surface area contributed by atoms with Crippen molar-refractivity contribution in [1.82, 2.24) is 15.0 Å². The third-order valence-electron chi connectivity index (χ3n) is 2.28. The van der Waals surface area contributed by atoms with Gasteiger partial charge in [-0.1, -0.05) is 6.07 Å². The molecule has 0 saturated heterocycles. The average molecular weight is 169 g/mol. The zero-order valence-electron chi connectivity index (χ0n) is 6.94. The zero-order valence-corrected chi connectivity index (χ0v) is 6.94. The van der Waals surface area contributed by atoms with E-state index in [0.717, 1.165) is 17.8 Å². The van der Waals surface area contributed by atoms with Gasteiger partial charge in [0.25, 0.3) is 0 Å². The van der Waals surface area contributed by atoms with Crippen molar-refractivity contribution in [3.05, 3.63) is 42.0 Å². The summed E-state index contributed by atoms with van der Waals surface area (Å²) in [5, 5.41) is 0.